The summed E-state index contributed by atoms with van der Waals surface area (Å²) in [4.78, 5) is 28.5. The van der Waals surface area contributed by atoms with Gasteiger partial charge in [-0.15, -0.1) is 0 Å². The van der Waals surface area contributed by atoms with E-state index in [-0.39, 0.29) is 10.6 Å². The fourth-order valence-electron chi connectivity index (χ4n) is 3.70. The van der Waals surface area contributed by atoms with Crippen molar-refractivity contribution in [1.82, 2.24) is 19.9 Å². The zero-order valence-electron chi connectivity index (χ0n) is 13.4. The molecule has 0 spiro atoms. The smallest absolute Gasteiger partial charge is 0.272 e. The molecule has 126 valence electrons. The van der Waals surface area contributed by atoms with Gasteiger partial charge in [-0.1, -0.05) is 11.6 Å². The predicted octanol–water partition coefficient (Wildman–Crippen LogP) is 2.16. The average Bonchev–Trinajstić information content (AvgIpc) is 2.95. The first-order valence-electron chi connectivity index (χ1n) is 8.41. The number of hydrogen-bond donors (Lipinski definition) is 1. The molecule has 0 saturated carbocycles. The van der Waals surface area contributed by atoms with Crippen LogP contribution in [0.1, 0.15) is 19.3 Å². The van der Waals surface area contributed by atoms with Crippen LogP contribution < -0.4 is 10.5 Å². The molecule has 0 radical (unpaired) electrons. The van der Waals surface area contributed by atoms with E-state index in [1.807, 2.05) is 12.1 Å². The van der Waals surface area contributed by atoms with E-state index in [1.54, 1.807) is 12.4 Å². The van der Waals surface area contributed by atoms with Crippen LogP contribution >= 0.6 is 11.6 Å². The highest BCUT2D eigenvalue weighted by molar-refractivity contribution is 6.32. The van der Waals surface area contributed by atoms with Crippen molar-refractivity contribution in [2.75, 3.05) is 31.1 Å². The van der Waals surface area contributed by atoms with Crippen molar-refractivity contribution in [3.05, 3.63) is 39.9 Å². The Morgan fingerprint density at radius 3 is 2.79 bits per heavy atom. The maximum atomic E-state index is 12.3. The molecule has 2 aromatic heterocycles. The van der Waals surface area contributed by atoms with Crippen LogP contribution in [0.4, 0.5) is 5.82 Å². The Hall–Kier alpha value is -1.92. The van der Waals surface area contributed by atoms with Gasteiger partial charge in [-0.25, -0.2) is 4.98 Å². The number of aromatic nitrogens is 3. The van der Waals surface area contributed by atoms with E-state index in [2.05, 4.69) is 24.8 Å². The molecule has 2 fully saturated rings. The minimum atomic E-state index is -0.291. The van der Waals surface area contributed by atoms with Gasteiger partial charge in [0, 0.05) is 43.6 Å². The second kappa shape index (κ2) is 6.53. The molecule has 0 amide bonds. The van der Waals surface area contributed by atoms with E-state index in [9.17, 15) is 4.79 Å². The van der Waals surface area contributed by atoms with Gasteiger partial charge in [0.1, 0.15) is 10.8 Å². The standard InChI is InChI=1S/C17H20ClN5O/c18-14-16(23-10-2-9-22-8-1-3-13(22)11-23)20-15(21-17(14)24)12-4-6-19-7-5-12/h4-7,13H,1-3,8-11H2,(H,20,21,24)/t13-/m1/s1. The summed E-state index contributed by atoms with van der Waals surface area (Å²) in [6, 6.07) is 4.20. The first-order chi connectivity index (χ1) is 11.7. The molecule has 0 aliphatic carbocycles. The molecule has 1 N–H and O–H groups in total. The molecule has 2 aliphatic rings. The SMILES string of the molecule is O=c1[nH]c(-c2ccncc2)nc(N2CCCN3CCC[C@@H]3C2)c1Cl. The summed E-state index contributed by atoms with van der Waals surface area (Å²) in [5.74, 6) is 1.13. The van der Waals surface area contributed by atoms with Gasteiger partial charge < -0.3 is 9.88 Å². The quantitative estimate of drug-likeness (QED) is 0.903. The van der Waals surface area contributed by atoms with Crippen LogP contribution in [0, 0.1) is 0 Å². The van der Waals surface area contributed by atoms with Crippen molar-refractivity contribution in [2.45, 2.75) is 25.3 Å². The van der Waals surface area contributed by atoms with E-state index in [1.165, 1.54) is 19.4 Å². The van der Waals surface area contributed by atoms with Gasteiger partial charge in [0.05, 0.1) is 0 Å². The van der Waals surface area contributed by atoms with Crippen molar-refractivity contribution >= 4 is 17.4 Å². The van der Waals surface area contributed by atoms with Crippen LogP contribution in [0.5, 0.6) is 0 Å². The molecular weight excluding hydrogens is 326 g/mol. The van der Waals surface area contributed by atoms with E-state index in [4.69, 9.17) is 11.6 Å². The van der Waals surface area contributed by atoms with Gasteiger partial charge in [0.15, 0.2) is 5.82 Å². The fraction of sp³-hybridized carbons (Fsp3) is 0.471. The number of halogens is 1. The summed E-state index contributed by atoms with van der Waals surface area (Å²) in [6.07, 6.45) is 6.88. The Labute approximate surface area is 145 Å². The molecule has 0 bridgehead atoms. The zero-order chi connectivity index (χ0) is 16.5. The maximum absolute atomic E-state index is 12.3. The lowest BCUT2D eigenvalue weighted by atomic mass is 10.2. The van der Waals surface area contributed by atoms with Crippen molar-refractivity contribution in [3.63, 3.8) is 0 Å². The van der Waals surface area contributed by atoms with Crippen LogP contribution in [0.25, 0.3) is 11.4 Å². The van der Waals surface area contributed by atoms with E-state index >= 15 is 0 Å². The van der Waals surface area contributed by atoms with Crippen LogP contribution in [-0.4, -0.2) is 52.1 Å². The third kappa shape index (κ3) is 2.91. The summed E-state index contributed by atoms with van der Waals surface area (Å²) in [6.45, 7) is 4.04. The molecule has 2 aliphatic heterocycles. The Morgan fingerprint density at radius 1 is 1.17 bits per heavy atom. The monoisotopic (exact) mass is 345 g/mol. The van der Waals surface area contributed by atoms with Crippen LogP contribution in [0.15, 0.2) is 29.3 Å². The third-order valence-electron chi connectivity index (χ3n) is 4.90. The molecule has 0 aromatic carbocycles. The Kier molecular flexibility index (Phi) is 4.24. The first-order valence-corrected chi connectivity index (χ1v) is 8.79. The Balaban J connectivity index is 1.71. The zero-order valence-corrected chi connectivity index (χ0v) is 14.2. The molecular formula is C17H20ClN5O. The summed E-state index contributed by atoms with van der Waals surface area (Å²) >= 11 is 6.31. The summed E-state index contributed by atoms with van der Waals surface area (Å²) in [5.41, 5.74) is 0.540. The molecule has 2 saturated heterocycles. The number of hydrogen-bond acceptors (Lipinski definition) is 5. The first kappa shape index (κ1) is 15.6. The predicted molar refractivity (Wildman–Crippen MR) is 94.5 cm³/mol. The highest BCUT2D eigenvalue weighted by atomic mass is 35.5. The van der Waals surface area contributed by atoms with E-state index in [0.717, 1.165) is 31.6 Å². The number of pyridine rings is 1. The molecule has 7 heteroatoms. The van der Waals surface area contributed by atoms with Crippen molar-refractivity contribution in [1.29, 1.82) is 0 Å². The third-order valence-corrected chi connectivity index (χ3v) is 5.24. The molecule has 24 heavy (non-hydrogen) atoms. The highest BCUT2D eigenvalue weighted by Crippen LogP contribution is 2.28. The molecule has 4 rings (SSSR count). The second-order valence-corrected chi connectivity index (χ2v) is 6.80. The number of fused-ring (bicyclic) bond motifs is 1. The molecule has 6 nitrogen and oxygen atoms in total. The number of aromatic amines is 1. The lowest BCUT2D eigenvalue weighted by Gasteiger charge is -2.27. The molecule has 4 heterocycles. The minimum absolute atomic E-state index is 0.180. The topological polar surface area (TPSA) is 65.1 Å². The second-order valence-electron chi connectivity index (χ2n) is 6.42. The Bertz CT molecular complexity index is 778. The lowest BCUT2D eigenvalue weighted by Crippen LogP contribution is -2.37. The molecule has 0 unspecified atom stereocenters. The summed E-state index contributed by atoms with van der Waals surface area (Å²) in [7, 11) is 0. The largest absolute Gasteiger partial charge is 0.354 e. The van der Waals surface area contributed by atoms with Crippen molar-refractivity contribution < 1.29 is 0 Å². The highest BCUT2D eigenvalue weighted by Gasteiger charge is 2.30. The van der Waals surface area contributed by atoms with Crippen molar-refractivity contribution in [2.24, 2.45) is 0 Å². The van der Waals surface area contributed by atoms with Gasteiger partial charge >= 0.3 is 0 Å². The number of nitrogens with one attached hydrogen (secondary N) is 1. The molecule has 2 aromatic rings. The lowest BCUT2D eigenvalue weighted by molar-refractivity contribution is 0.273. The minimum Gasteiger partial charge on any atom is -0.354 e. The summed E-state index contributed by atoms with van der Waals surface area (Å²) in [5, 5.41) is 0.180. The average molecular weight is 346 g/mol. The van der Waals surface area contributed by atoms with Crippen LogP contribution in [0.3, 0.4) is 0 Å². The van der Waals surface area contributed by atoms with Crippen molar-refractivity contribution in [3.8, 4) is 11.4 Å². The molecule has 1 atom stereocenters. The van der Waals surface area contributed by atoms with Gasteiger partial charge in [-0.05, 0) is 37.9 Å². The normalized spacial score (nSPS) is 21.5. The van der Waals surface area contributed by atoms with Crippen LogP contribution in [0.2, 0.25) is 5.02 Å². The van der Waals surface area contributed by atoms with Crippen LogP contribution in [-0.2, 0) is 0 Å². The number of nitrogens with zero attached hydrogens (tertiary/aromatic N) is 4. The van der Waals surface area contributed by atoms with Gasteiger partial charge in [-0.2, -0.15) is 0 Å². The van der Waals surface area contributed by atoms with Gasteiger partial charge in [-0.3, -0.25) is 14.7 Å². The summed E-state index contributed by atoms with van der Waals surface area (Å²) < 4.78 is 0. The van der Waals surface area contributed by atoms with E-state index in [0.29, 0.717) is 17.7 Å². The van der Waals surface area contributed by atoms with E-state index < -0.39 is 0 Å². The number of anilines is 1. The number of rotatable bonds is 2. The van der Waals surface area contributed by atoms with Gasteiger partial charge in [0.2, 0.25) is 0 Å². The van der Waals surface area contributed by atoms with Gasteiger partial charge in [0.25, 0.3) is 5.56 Å². The number of H-pyrrole nitrogens is 1. The maximum Gasteiger partial charge on any atom is 0.272 e. The Morgan fingerprint density at radius 2 is 1.96 bits per heavy atom. The fourth-order valence-corrected chi connectivity index (χ4v) is 3.91.